The number of amides is 1. The minimum Gasteiger partial charge on any atom is -0.507 e. The third-order valence-corrected chi connectivity index (χ3v) is 4.97. The fourth-order valence-corrected chi connectivity index (χ4v) is 3.61. The van der Waals surface area contributed by atoms with Gasteiger partial charge in [0, 0.05) is 25.7 Å². The van der Waals surface area contributed by atoms with Crippen LogP contribution in [0.3, 0.4) is 0 Å². The molecule has 1 aliphatic rings. The number of nitrogens with one attached hydrogen (secondary N) is 1. The van der Waals surface area contributed by atoms with Crippen LogP contribution in [0.15, 0.2) is 66.7 Å². The van der Waals surface area contributed by atoms with Crippen molar-refractivity contribution in [2.45, 2.75) is 19.0 Å². The molecule has 0 saturated carbocycles. The minimum absolute atomic E-state index is 0.0281. The van der Waals surface area contributed by atoms with Crippen molar-refractivity contribution in [2.75, 3.05) is 13.1 Å². The summed E-state index contributed by atoms with van der Waals surface area (Å²) < 4.78 is 0. The molecule has 1 amide bonds. The van der Waals surface area contributed by atoms with Crippen molar-refractivity contribution in [2.24, 2.45) is 0 Å². The SMILES string of the molecule is O=C(N[C@@H]1CCN(Cc2ccccc2)C1)c1cc2ccccc2cc1O. The molecule has 0 radical (unpaired) electrons. The summed E-state index contributed by atoms with van der Waals surface area (Å²) in [7, 11) is 0. The van der Waals surface area contributed by atoms with Crippen molar-refractivity contribution in [3.63, 3.8) is 0 Å². The highest BCUT2D eigenvalue weighted by molar-refractivity contribution is 6.01. The lowest BCUT2D eigenvalue weighted by atomic mass is 10.0. The Morgan fingerprint density at radius 1 is 1.04 bits per heavy atom. The average Bonchev–Trinajstić information content (AvgIpc) is 3.08. The Balaban J connectivity index is 1.42. The first-order valence-electron chi connectivity index (χ1n) is 8.98. The van der Waals surface area contributed by atoms with Crippen LogP contribution in [0.4, 0.5) is 0 Å². The molecule has 3 aromatic rings. The molecule has 1 heterocycles. The summed E-state index contributed by atoms with van der Waals surface area (Å²) in [5.74, 6) is -0.180. The number of fused-ring (bicyclic) bond motifs is 1. The number of benzene rings is 3. The Kier molecular flexibility index (Phi) is 4.59. The Labute approximate surface area is 153 Å². The van der Waals surface area contributed by atoms with Crippen molar-refractivity contribution in [3.8, 4) is 5.75 Å². The van der Waals surface area contributed by atoms with Gasteiger partial charge in [0.1, 0.15) is 5.75 Å². The van der Waals surface area contributed by atoms with E-state index < -0.39 is 0 Å². The summed E-state index contributed by atoms with van der Waals surface area (Å²) in [5.41, 5.74) is 1.62. The molecule has 4 heteroatoms. The molecule has 0 aliphatic carbocycles. The van der Waals surface area contributed by atoms with Gasteiger partial charge < -0.3 is 10.4 Å². The number of phenols is 1. The number of aromatic hydroxyl groups is 1. The van der Waals surface area contributed by atoms with Gasteiger partial charge >= 0.3 is 0 Å². The van der Waals surface area contributed by atoms with Crippen molar-refractivity contribution in [1.82, 2.24) is 10.2 Å². The van der Waals surface area contributed by atoms with Gasteiger partial charge in [0.2, 0.25) is 0 Å². The third kappa shape index (κ3) is 3.55. The number of nitrogens with zero attached hydrogens (tertiary/aromatic N) is 1. The maximum atomic E-state index is 12.6. The van der Waals surface area contributed by atoms with Gasteiger partial charge in [-0.1, -0.05) is 54.6 Å². The lowest BCUT2D eigenvalue weighted by molar-refractivity contribution is 0.0935. The van der Waals surface area contributed by atoms with Crippen molar-refractivity contribution in [1.29, 1.82) is 0 Å². The first-order chi connectivity index (χ1) is 12.7. The fourth-order valence-electron chi connectivity index (χ4n) is 3.61. The molecule has 1 saturated heterocycles. The van der Waals surface area contributed by atoms with Crippen molar-refractivity contribution in [3.05, 3.63) is 77.9 Å². The van der Waals surface area contributed by atoms with E-state index >= 15 is 0 Å². The van der Waals surface area contributed by atoms with E-state index in [2.05, 4.69) is 22.3 Å². The number of hydrogen-bond donors (Lipinski definition) is 2. The molecule has 26 heavy (non-hydrogen) atoms. The van der Waals surface area contributed by atoms with E-state index in [4.69, 9.17) is 0 Å². The number of hydrogen-bond acceptors (Lipinski definition) is 3. The predicted molar refractivity (Wildman–Crippen MR) is 103 cm³/mol. The largest absolute Gasteiger partial charge is 0.507 e. The molecular formula is C22H22N2O2. The van der Waals surface area contributed by atoms with Crippen LogP contribution in [0, 0.1) is 0 Å². The van der Waals surface area contributed by atoms with Gasteiger partial charge in [-0.05, 0) is 34.9 Å². The molecule has 1 fully saturated rings. The van der Waals surface area contributed by atoms with Gasteiger partial charge in [-0.3, -0.25) is 9.69 Å². The van der Waals surface area contributed by atoms with Crippen LogP contribution in [0.1, 0.15) is 22.3 Å². The van der Waals surface area contributed by atoms with E-state index in [1.54, 1.807) is 12.1 Å². The zero-order chi connectivity index (χ0) is 17.9. The standard InChI is InChI=1S/C22H22N2O2/c25-21-13-18-9-5-4-8-17(18)12-20(21)22(26)23-19-10-11-24(15-19)14-16-6-2-1-3-7-16/h1-9,12-13,19,25H,10-11,14-15H2,(H,23,26)/t19-/m1/s1. The number of carbonyl (C=O) groups is 1. The highest BCUT2D eigenvalue weighted by Gasteiger charge is 2.25. The number of carbonyl (C=O) groups excluding carboxylic acids is 1. The molecule has 132 valence electrons. The van der Waals surface area contributed by atoms with E-state index in [1.165, 1.54) is 5.56 Å². The zero-order valence-corrected chi connectivity index (χ0v) is 14.6. The topological polar surface area (TPSA) is 52.6 Å². The summed E-state index contributed by atoms with van der Waals surface area (Å²) in [4.78, 5) is 15.0. The van der Waals surface area contributed by atoms with E-state index in [0.717, 1.165) is 36.8 Å². The summed E-state index contributed by atoms with van der Waals surface area (Å²) in [6.07, 6.45) is 0.924. The Morgan fingerprint density at radius 2 is 1.73 bits per heavy atom. The second-order valence-corrected chi connectivity index (χ2v) is 6.90. The maximum Gasteiger partial charge on any atom is 0.255 e. The first-order valence-corrected chi connectivity index (χ1v) is 8.98. The average molecular weight is 346 g/mol. The highest BCUT2D eigenvalue weighted by atomic mass is 16.3. The molecule has 0 unspecified atom stereocenters. The summed E-state index contributed by atoms with van der Waals surface area (Å²) in [6, 6.07) is 21.6. The van der Waals surface area contributed by atoms with E-state index in [1.807, 2.05) is 42.5 Å². The number of rotatable bonds is 4. The first kappa shape index (κ1) is 16.6. The Bertz CT molecular complexity index is 924. The highest BCUT2D eigenvalue weighted by Crippen LogP contribution is 2.25. The number of phenolic OH excluding ortho intramolecular Hbond substituents is 1. The summed E-state index contributed by atoms with van der Waals surface area (Å²) in [5, 5.41) is 15.2. The minimum atomic E-state index is -0.209. The summed E-state index contributed by atoms with van der Waals surface area (Å²) in [6.45, 7) is 2.69. The summed E-state index contributed by atoms with van der Waals surface area (Å²) >= 11 is 0. The van der Waals surface area contributed by atoms with Crippen LogP contribution in [-0.4, -0.2) is 35.0 Å². The quantitative estimate of drug-likeness (QED) is 0.760. The molecule has 1 aliphatic heterocycles. The molecule has 2 N–H and O–H groups in total. The molecule has 4 rings (SSSR count). The van der Waals surface area contributed by atoms with Crippen LogP contribution >= 0.6 is 0 Å². The van der Waals surface area contributed by atoms with Gasteiger partial charge in [0.25, 0.3) is 5.91 Å². The van der Waals surface area contributed by atoms with Gasteiger partial charge in [-0.25, -0.2) is 0 Å². The monoisotopic (exact) mass is 346 g/mol. The molecule has 3 aromatic carbocycles. The normalized spacial score (nSPS) is 17.5. The van der Waals surface area contributed by atoms with E-state index in [-0.39, 0.29) is 17.7 Å². The zero-order valence-electron chi connectivity index (χ0n) is 14.6. The van der Waals surface area contributed by atoms with Crippen LogP contribution in [-0.2, 0) is 6.54 Å². The van der Waals surface area contributed by atoms with Gasteiger partial charge in [0.05, 0.1) is 5.56 Å². The second kappa shape index (κ2) is 7.18. The predicted octanol–water partition coefficient (Wildman–Crippen LogP) is 3.55. The van der Waals surface area contributed by atoms with Gasteiger partial charge in [-0.2, -0.15) is 0 Å². The molecule has 0 spiro atoms. The smallest absolute Gasteiger partial charge is 0.255 e. The molecular weight excluding hydrogens is 324 g/mol. The van der Waals surface area contributed by atoms with Crippen LogP contribution < -0.4 is 5.32 Å². The molecule has 0 bridgehead atoms. The van der Waals surface area contributed by atoms with Gasteiger partial charge in [0.15, 0.2) is 0 Å². The maximum absolute atomic E-state index is 12.6. The Morgan fingerprint density at radius 3 is 2.50 bits per heavy atom. The van der Waals surface area contributed by atoms with E-state index in [9.17, 15) is 9.90 Å². The lowest BCUT2D eigenvalue weighted by Crippen LogP contribution is -2.37. The van der Waals surface area contributed by atoms with Crippen LogP contribution in [0.2, 0.25) is 0 Å². The molecule has 1 atom stereocenters. The van der Waals surface area contributed by atoms with Crippen molar-refractivity contribution < 1.29 is 9.90 Å². The fraction of sp³-hybridized carbons (Fsp3) is 0.227. The van der Waals surface area contributed by atoms with Crippen LogP contribution in [0.25, 0.3) is 10.8 Å². The second-order valence-electron chi connectivity index (χ2n) is 6.90. The van der Waals surface area contributed by atoms with E-state index in [0.29, 0.717) is 5.56 Å². The number of likely N-dealkylation sites (tertiary alicyclic amines) is 1. The molecule has 4 nitrogen and oxygen atoms in total. The van der Waals surface area contributed by atoms with Crippen LogP contribution in [0.5, 0.6) is 5.75 Å². The lowest BCUT2D eigenvalue weighted by Gasteiger charge is -2.17. The third-order valence-electron chi connectivity index (χ3n) is 4.97. The van der Waals surface area contributed by atoms with Gasteiger partial charge in [-0.15, -0.1) is 0 Å². The van der Waals surface area contributed by atoms with Crippen molar-refractivity contribution >= 4 is 16.7 Å². The Hall–Kier alpha value is -2.85. The molecule has 0 aromatic heterocycles.